The predicted octanol–water partition coefficient (Wildman–Crippen LogP) is 4.26. The van der Waals surface area contributed by atoms with Gasteiger partial charge in [0.15, 0.2) is 15.7 Å². The van der Waals surface area contributed by atoms with E-state index in [1.54, 1.807) is 18.2 Å². The second-order valence-corrected chi connectivity index (χ2v) is 12.1. The summed E-state index contributed by atoms with van der Waals surface area (Å²) in [6.07, 6.45) is 3.39. The minimum absolute atomic E-state index is 0.0229. The van der Waals surface area contributed by atoms with Gasteiger partial charge in [-0.2, -0.15) is 0 Å². The van der Waals surface area contributed by atoms with Crippen molar-refractivity contribution in [2.24, 2.45) is 5.92 Å². The number of alkyl halides is 2. The Kier molecular flexibility index (Phi) is 8.03. The first-order valence-electron chi connectivity index (χ1n) is 12.1. The van der Waals surface area contributed by atoms with Crippen LogP contribution < -0.4 is 10.2 Å². The lowest BCUT2D eigenvalue weighted by Gasteiger charge is -2.36. The van der Waals surface area contributed by atoms with E-state index >= 15 is 0 Å². The van der Waals surface area contributed by atoms with Crippen LogP contribution in [0.3, 0.4) is 0 Å². The fourth-order valence-electron chi connectivity index (χ4n) is 4.62. The largest absolute Gasteiger partial charge is 0.355 e. The van der Waals surface area contributed by atoms with Crippen molar-refractivity contribution in [1.29, 1.82) is 0 Å². The zero-order valence-electron chi connectivity index (χ0n) is 20.4. The molecule has 2 aromatic rings. The Morgan fingerprint density at radius 3 is 2.43 bits per heavy atom. The van der Waals surface area contributed by atoms with E-state index in [4.69, 9.17) is 11.6 Å². The summed E-state index contributed by atoms with van der Waals surface area (Å²) in [5.74, 6) is -2.71. The quantitative estimate of drug-likeness (QED) is 0.573. The van der Waals surface area contributed by atoms with E-state index in [0.29, 0.717) is 48.8 Å². The molecule has 12 heteroatoms. The van der Waals surface area contributed by atoms with Gasteiger partial charge in [-0.3, -0.25) is 9.59 Å². The highest BCUT2D eigenvalue weighted by Crippen LogP contribution is 2.33. The number of hydrogen-bond donors (Lipinski definition) is 1. The number of pyridine rings is 1. The van der Waals surface area contributed by atoms with Crippen LogP contribution in [0.25, 0.3) is 0 Å². The molecule has 0 radical (unpaired) electrons. The van der Waals surface area contributed by atoms with E-state index in [0.717, 1.165) is 6.26 Å². The minimum atomic E-state index is -3.56. The van der Waals surface area contributed by atoms with Gasteiger partial charge < -0.3 is 15.1 Å². The van der Waals surface area contributed by atoms with Gasteiger partial charge in [0.2, 0.25) is 5.91 Å². The van der Waals surface area contributed by atoms with Crippen LogP contribution in [-0.2, 0) is 14.6 Å². The van der Waals surface area contributed by atoms with E-state index in [-0.39, 0.29) is 48.3 Å². The number of aromatic nitrogens is 1. The number of likely N-dealkylation sites (tertiary alicyclic amines) is 1. The van der Waals surface area contributed by atoms with Gasteiger partial charge in [0, 0.05) is 68.5 Å². The summed E-state index contributed by atoms with van der Waals surface area (Å²) in [6.45, 7) is 1.25. The number of amides is 2. The van der Waals surface area contributed by atoms with Crippen LogP contribution in [0.1, 0.15) is 42.5 Å². The van der Waals surface area contributed by atoms with Gasteiger partial charge in [-0.15, -0.1) is 0 Å². The Hall–Kier alpha value is -2.79. The van der Waals surface area contributed by atoms with Crippen molar-refractivity contribution < 1.29 is 26.8 Å². The molecule has 3 heterocycles. The molecule has 2 saturated heterocycles. The van der Waals surface area contributed by atoms with Crippen molar-refractivity contribution in [3.8, 4) is 0 Å². The standard InChI is InChI=1S/C25H29ClF2N4O4S/c1-37(35,36)20-15-21(30-24(34)18-3-2-4-19(26)14-18)23(29-16-20)32-9-5-17(6-10-32)13-22(33)31-11-7-25(27,28)8-12-31/h2-4,14-17H,5-13H2,1H3,(H,30,34). The SMILES string of the molecule is CS(=O)(=O)c1cnc(N2CCC(CC(=O)N3CCC(F)(F)CC3)CC2)c(NC(=O)c2cccc(Cl)c2)c1. The molecule has 2 fully saturated rings. The average Bonchev–Trinajstić information content (AvgIpc) is 2.84. The van der Waals surface area contributed by atoms with E-state index in [1.165, 1.54) is 23.2 Å². The molecule has 1 N–H and O–H groups in total. The lowest BCUT2D eigenvalue weighted by Crippen LogP contribution is -2.44. The van der Waals surface area contributed by atoms with Gasteiger partial charge >= 0.3 is 0 Å². The van der Waals surface area contributed by atoms with Gasteiger partial charge in [-0.25, -0.2) is 22.2 Å². The molecule has 200 valence electrons. The molecule has 2 aliphatic heterocycles. The van der Waals surface area contributed by atoms with E-state index in [2.05, 4.69) is 10.3 Å². The molecule has 2 aliphatic rings. The maximum atomic E-state index is 13.4. The van der Waals surface area contributed by atoms with Crippen molar-refractivity contribution in [2.45, 2.75) is 42.9 Å². The zero-order valence-corrected chi connectivity index (χ0v) is 22.0. The van der Waals surface area contributed by atoms with Gasteiger partial charge in [0.05, 0.1) is 10.6 Å². The van der Waals surface area contributed by atoms with Crippen molar-refractivity contribution in [3.63, 3.8) is 0 Å². The first-order chi connectivity index (χ1) is 17.4. The third-order valence-corrected chi connectivity index (χ3v) is 8.14. The third-order valence-electron chi connectivity index (χ3n) is 6.83. The lowest BCUT2D eigenvalue weighted by atomic mass is 9.92. The Labute approximate surface area is 219 Å². The third kappa shape index (κ3) is 6.95. The second kappa shape index (κ2) is 10.9. The van der Waals surface area contributed by atoms with Crippen molar-refractivity contribution in [1.82, 2.24) is 9.88 Å². The Morgan fingerprint density at radius 2 is 1.81 bits per heavy atom. The highest BCUT2D eigenvalue weighted by Gasteiger charge is 2.36. The van der Waals surface area contributed by atoms with E-state index in [9.17, 15) is 26.8 Å². The number of carbonyl (C=O) groups excluding carboxylic acids is 2. The predicted molar refractivity (Wildman–Crippen MR) is 137 cm³/mol. The number of hydrogen-bond acceptors (Lipinski definition) is 6. The number of rotatable bonds is 6. The number of nitrogens with zero attached hydrogens (tertiary/aromatic N) is 3. The minimum Gasteiger partial charge on any atom is -0.355 e. The van der Waals surface area contributed by atoms with E-state index in [1.807, 2.05) is 4.90 Å². The summed E-state index contributed by atoms with van der Waals surface area (Å²) < 4.78 is 51.1. The molecule has 2 amide bonds. The summed E-state index contributed by atoms with van der Waals surface area (Å²) in [5.41, 5.74) is 0.576. The lowest BCUT2D eigenvalue weighted by molar-refractivity contribution is -0.138. The molecule has 0 spiro atoms. The van der Waals surface area contributed by atoms with Gasteiger partial charge in [0.1, 0.15) is 0 Å². The van der Waals surface area contributed by atoms with Crippen LogP contribution in [0, 0.1) is 5.92 Å². The number of anilines is 2. The normalized spacial score (nSPS) is 18.5. The average molecular weight is 555 g/mol. The van der Waals surface area contributed by atoms with Crippen molar-refractivity contribution in [3.05, 3.63) is 47.1 Å². The number of halogens is 3. The van der Waals surface area contributed by atoms with Gasteiger partial charge in [-0.1, -0.05) is 17.7 Å². The molecule has 0 atom stereocenters. The number of carbonyl (C=O) groups is 2. The Balaban J connectivity index is 1.44. The topological polar surface area (TPSA) is 99.7 Å². The highest BCUT2D eigenvalue weighted by molar-refractivity contribution is 7.90. The molecule has 37 heavy (non-hydrogen) atoms. The number of nitrogens with one attached hydrogen (secondary N) is 1. The fraction of sp³-hybridized carbons (Fsp3) is 0.480. The number of sulfone groups is 1. The van der Waals surface area contributed by atoms with Crippen molar-refractivity contribution >= 4 is 44.8 Å². The molecule has 0 saturated carbocycles. The monoisotopic (exact) mass is 554 g/mol. The number of piperidine rings is 2. The molecule has 4 rings (SSSR count). The molecular formula is C25H29ClF2N4O4S. The Morgan fingerprint density at radius 1 is 1.14 bits per heavy atom. The van der Waals surface area contributed by atoms with Crippen LogP contribution in [-0.4, -0.2) is 68.5 Å². The van der Waals surface area contributed by atoms with Crippen molar-refractivity contribution in [2.75, 3.05) is 42.7 Å². The molecule has 0 unspecified atom stereocenters. The van der Waals surface area contributed by atoms with Gasteiger partial charge in [-0.05, 0) is 43.0 Å². The van der Waals surface area contributed by atoms with Crippen LogP contribution in [0.2, 0.25) is 5.02 Å². The smallest absolute Gasteiger partial charge is 0.255 e. The summed E-state index contributed by atoms with van der Waals surface area (Å²) in [7, 11) is -3.56. The molecular weight excluding hydrogens is 526 g/mol. The molecule has 0 aliphatic carbocycles. The first-order valence-corrected chi connectivity index (χ1v) is 14.4. The second-order valence-electron chi connectivity index (χ2n) is 9.65. The number of benzene rings is 1. The molecule has 1 aromatic carbocycles. The maximum Gasteiger partial charge on any atom is 0.255 e. The molecule has 1 aromatic heterocycles. The highest BCUT2D eigenvalue weighted by atomic mass is 35.5. The fourth-order valence-corrected chi connectivity index (χ4v) is 5.38. The van der Waals surface area contributed by atoms with Crippen LogP contribution in [0.15, 0.2) is 41.4 Å². The zero-order chi connectivity index (χ0) is 26.8. The van der Waals surface area contributed by atoms with Crippen LogP contribution in [0.5, 0.6) is 0 Å². The summed E-state index contributed by atoms with van der Waals surface area (Å²) >= 11 is 6.00. The Bertz CT molecular complexity index is 1270. The summed E-state index contributed by atoms with van der Waals surface area (Å²) in [6, 6.07) is 7.79. The first kappa shape index (κ1) is 27.3. The molecule has 8 nitrogen and oxygen atoms in total. The molecule has 0 bridgehead atoms. The summed E-state index contributed by atoms with van der Waals surface area (Å²) in [4.78, 5) is 33.3. The maximum absolute atomic E-state index is 13.4. The van der Waals surface area contributed by atoms with E-state index < -0.39 is 21.7 Å². The van der Waals surface area contributed by atoms with Crippen LogP contribution in [0.4, 0.5) is 20.3 Å². The van der Waals surface area contributed by atoms with Gasteiger partial charge in [0.25, 0.3) is 11.8 Å². The van der Waals surface area contributed by atoms with Crippen LogP contribution >= 0.6 is 11.6 Å². The summed E-state index contributed by atoms with van der Waals surface area (Å²) in [5, 5.41) is 3.16.